The summed E-state index contributed by atoms with van der Waals surface area (Å²) in [5.41, 5.74) is 18.4. The molecular weight excluding hydrogens is 801 g/mol. The van der Waals surface area contributed by atoms with E-state index in [1.165, 1.54) is 55.3 Å². The average Bonchev–Trinajstić information content (AvgIpc) is 3.79. The Morgan fingerprint density at radius 3 is 2.02 bits per heavy atom. The zero-order valence-electron chi connectivity index (χ0n) is 37.4. The fourth-order valence-electron chi connectivity index (χ4n) is 10.6. The van der Waals surface area contributed by atoms with Crippen LogP contribution in [0.25, 0.3) is 83.1 Å². The molecule has 2 aliphatic rings. The molecule has 0 unspecified atom stereocenters. The van der Waals surface area contributed by atoms with Gasteiger partial charge in [-0.05, 0) is 106 Å². The summed E-state index contributed by atoms with van der Waals surface area (Å²) < 4.78 is 9.55. The smallest absolute Gasteiger partial charge is 0.145 e. The number of anilines is 2. The van der Waals surface area contributed by atoms with Crippen molar-refractivity contribution in [2.75, 3.05) is 4.90 Å². The number of aryl methyl sites for hydroxylation is 1. The van der Waals surface area contributed by atoms with Crippen LogP contribution in [-0.2, 0) is 5.41 Å². The van der Waals surface area contributed by atoms with Crippen molar-refractivity contribution in [1.29, 1.82) is 0 Å². The predicted molar refractivity (Wildman–Crippen MR) is 280 cm³/mol. The summed E-state index contributed by atoms with van der Waals surface area (Å²) in [6.45, 7) is 10.9. The Morgan fingerprint density at radius 1 is 0.636 bits per heavy atom. The van der Waals surface area contributed by atoms with Crippen LogP contribution in [0.5, 0.6) is 0 Å². The highest BCUT2D eigenvalue weighted by atomic mass is 16.3. The lowest BCUT2D eigenvalue weighted by atomic mass is 9.67. The molecule has 0 amide bonds. The second-order valence-corrected chi connectivity index (χ2v) is 18.2. The summed E-state index contributed by atoms with van der Waals surface area (Å²) in [6.07, 6.45) is 13.9. The first-order chi connectivity index (χ1) is 32.4. The van der Waals surface area contributed by atoms with Crippen LogP contribution in [0.1, 0.15) is 42.7 Å². The van der Waals surface area contributed by atoms with Crippen LogP contribution in [0.3, 0.4) is 0 Å². The first-order valence-corrected chi connectivity index (χ1v) is 22.9. The van der Waals surface area contributed by atoms with Gasteiger partial charge in [0.25, 0.3) is 0 Å². The number of fused-ring (bicyclic) bond motifs is 11. The molecule has 3 nitrogen and oxygen atoms in total. The van der Waals surface area contributed by atoms with Crippen LogP contribution in [0.4, 0.5) is 11.4 Å². The molecule has 0 saturated carbocycles. The molecule has 0 N–H and O–H groups in total. The monoisotopic (exact) mass is 848 g/mol. The van der Waals surface area contributed by atoms with E-state index in [-0.39, 0.29) is 5.41 Å². The topological polar surface area (TPSA) is 21.3 Å². The van der Waals surface area contributed by atoms with Gasteiger partial charge in [-0.25, -0.2) is 0 Å². The fourth-order valence-corrected chi connectivity index (χ4v) is 10.6. The molecule has 12 rings (SSSR count). The number of hydrogen-bond acceptors (Lipinski definition) is 2. The number of aromatic nitrogens is 1. The molecule has 2 aliphatic carbocycles. The minimum atomic E-state index is -0.179. The van der Waals surface area contributed by atoms with Gasteiger partial charge in [0.05, 0.1) is 22.1 Å². The predicted octanol–water partition coefficient (Wildman–Crippen LogP) is 17.3. The molecule has 2 aromatic heterocycles. The first kappa shape index (κ1) is 39.5. The molecule has 0 fully saturated rings. The summed E-state index contributed by atoms with van der Waals surface area (Å²) in [5, 5.41) is 5.65. The zero-order valence-corrected chi connectivity index (χ0v) is 37.4. The van der Waals surface area contributed by atoms with E-state index in [0.717, 1.165) is 73.3 Å². The van der Waals surface area contributed by atoms with Gasteiger partial charge in [0, 0.05) is 44.2 Å². The molecule has 8 aromatic carbocycles. The van der Waals surface area contributed by atoms with Crippen LogP contribution in [-0.4, -0.2) is 4.57 Å². The molecule has 2 heterocycles. The van der Waals surface area contributed by atoms with Gasteiger partial charge in [-0.15, -0.1) is 0 Å². The molecule has 0 radical (unpaired) electrons. The standard InChI is InChI=1S/C63H48N2O/c1-5-6-25-58-41(2)55-40-57(61-59(62(55)66-58)54-37-31-46-21-13-14-23-53(46)60(54)65(61)50-34-28-45(29-35-50)43-19-11-8-12-20-43)64(49-32-26-44(27-33-49)42-17-9-7-10-18-42)51-36-30-47-38-48(39-51)63(3,4)56-24-16-15-22-52(47)56/h5-37,39-40H,1,38H2,2-4H3/b25-6-. The lowest BCUT2D eigenvalue weighted by Crippen LogP contribution is -2.27. The molecule has 3 heteroatoms. The fraction of sp³-hybridized carbons (Fsp3) is 0.0794. The van der Waals surface area contributed by atoms with Crippen molar-refractivity contribution >= 4 is 66.6 Å². The minimum Gasteiger partial charge on any atom is -0.456 e. The quantitative estimate of drug-likeness (QED) is 0.142. The first-order valence-electron chi connectivity index (χ1n) is 22.9. The number of allylic oxidation sites excluding steroid dienone is 7. The van der Waals surface area contributed by atoms with Crippen LogP contribution >= 0.6 is 0 Å². The Morgan fingerprint density at radius 2 is 1.29 bits per heavy atom. The Kier molecular flexibility index (Phi) is 9.29. The van der Waals surface area contributed by atoms with Crippen LogP contribution in [0.2, 0.25) is 0 Å². The van der Waals surface area contributed by atoms with Crippen molar-refractivity contribution < 1.29 is 4.42 Å². The maximum atomic E-state index is 7.05. The highest BCUT2D eigenvalue weighted by Gasteiger charge is 2.36. The number of benzene rings is 8. The Balaban J connectivity index is 1.22. The highest BCUT2D eigenvalue weighted by Crippen LogP contribution is 2.51. The number of furan rings is 1. The average molecular weight is 849 g/mol. The van der Waals surface area contributed by atoms with Gasteiger partial charge < -0.3 is 13.9 Å². The molecule has 0 spiro atoms. The SMILES string of the molecule is C=C/C=C\c1oc2c(cc(N(C3=CC=C4CC(=C3)C(C)(C)c3ccccc34)c3ccc(-c4ccccc4)cc3)c3c2c2ccc4ccccc4c2n3-c2ccc(-c3ccccc3)cc2)c1C. The van der Waals surface area contributed by atoms with Gasteiger partial charge in [0.15, 0.2) is 0 Å². The molecule has 66 heavy (non-hydrogen) atoms. The van der Waals surface area contributed by atoms with Crippen molar-refractivity contribution in [1.82, 2.24) is 4.57 Å². The van der Waals surface area contributed by atoms with Crippen molar-refractivity contribution in [3.8, 4) is 27.9 Å². The lowest BCUT2D eigenvalue weighted by Gasteiger charge is -2.37. The largest absolute Gasteiger partial charge is 0.456 e. The molecule has 316 valence electrons. The summed E-state index contributed by atoms with van der Waals surface area (Å²) in [4.78, 5) is 2.50. The van der Waals surface area contributed by atoms with Gasteiger partial charge in [0.1, 0.15) is 11.3 Å². The minimum absolute atomic E-state index is 0.179. The maximum Gasteiger partial charge on any atom is 0.145 e. The van der Waals surface area contributed by atoms with E-state index >= 15 is 0 Å². The lowest BCUT2D eigenvalue weighted by molar-refractivity contribution is 0.598. The van der Waals surface area contributed by atoms with E-state index in [1.807, 2.05) is 18.2 Å². The van der Waals surface area contributed by atoms with E-state index < -0.39 is 0 Å². The van der Waals surface area contributed by atoms with Gasteiger partial charge in [-0.2, -0.15) is 0 Å². The molecule has 10 aromatic rings. The Labute approximate surface area is 385 Å². The number of hydrogen-bond donors (Lipinski definition) is 0. The number of nitrogens with zero attached hydrogens (tertiary/aromatic N) is 2. The third-order valence-corrected chi connectivity index (χ3v) is 14.1. The van der Waals surface area contributed by atoms with E-state index in [1.54, 1.807) is 0 Å². The van der Waals surface area contributed by atoms with Crippen molar-refractivity contribution in [3.63, 3.8) is 0 Å². The van der Waals surface area contributed by atoms with Gasteiger partial charge in [-0.1, -0.05) is 190 Å². The molecule has 2 bridgehead atoms. The number of rotatable bonds is 8. The highest BCUT2D eigenvalue weighted by molar-refractivity contribution is 6.28. The van der Waals surface area contributed by atoms with Gasteiger partial charge >= 0.3 is 0 Å². The summed E-state index contributed by atoms with van der Waals surface area (Å²) >= 11 is 0. The van der Waals surface area contributed by atoms with Crippen molar-refractivity contribution in [2.45, 2.75) is 32.6 Å². The Bertz CT molecular complexity index is 3690. The van der Waals surface area contributed by atoms with E-state index in [4.69, 9.17) is 4.42 Å². The molecule has 0 atom stereocenters. The van der Waals surface area contributed by atoms with E-state index in [2.05, 4.69) is 231 Å². The van der Waals surface area contributed by atoms with Crippen LogP contribution < -0.4 is 4.90 Å². The van der Waals surface area contributed by atoms with Gasteiger partial charge in [-0.3, -0.25) is 0 Å². The van der Waals surface area contributed by atoms with Crippen molar-refractivity contribution in [3.05, 3.63) is 247 Å². The molecular formula is C63H48N2O. The van der Waals surface area contributed by atoms with E-state index in [0.29, 0.717) is 0 Å². The second-order valence-electron chi connectivity index (χ2n) is 18.2. The Hall–Kier alpha value is -8.14. The maximum absolute atomic E-state index is 7.05. The normalized spacial score (nSPS) is 14.3. The molecule has 0 aliphatic heterocycles. The third kappa shape index (κ3) is 6.26. The summed E-state index contributed by atoms with van der Waals surface area (Å²) in [7, 11) is 0. The third-order valence-electron chi connectivity index (χ3n) is 14.1. The van der Waals surface area contributed by atoms with Crippen LogP contribution in [0.15, 0.2) is 229 Å². The zero-order chi connectivity index (χ0) is 44.5. The molecule has 0 saturated heterocycles. The van der Waals surface area contributed by atoms with Crippen LogP contribution in [0, 0.1) is 6.92 Å². The summed E-state index contributed by atoms with van der Waals surface area (Å²) in [5.74, 6) is 0.824. The summed E-state index contributed by atoms with van der Waals surface area (Å²) in [6, 6.07) is 64.1. The van der Waals surface area contributed by atoms with Crippen molar-refractivity contribution in [2.24, 2.45) is 0 Å². The second kappa shape index (κ2) is 15.5. The van der Waals surface area contributed by atoms with E-state index in [9.17, 15) is 0 Å². The van der Waals surface area contributed by atoms with Gasteiger partial charge in [0.2, 0.25) is 0 Å².